The summed E-state index contributed by atoms with van der Waals surface area (Å²) >= 11 is 0. The lowest BCUT2D eigenvalue weighted by Gasteiger charge is -2.33. The standard InChI is InChI=1S/C23H30FN5O/c24-20-8-6-18(7-9-20)21-10-11-22(27-26-21)29-15-4-5-19(17-29)23(30)25-12-16-28-13-2-1-3-14-28/h6-11,19H,1-5,12-17H2,(H,25,30)/t19-/m1/s1. The topological polar surface area (TPSA) is 61.4 Å². The molecule has 0 radical (unpaired) electrons. The Kier molecular flexibility index (Phi) is 6.89. The molecule has 1 atom stereocenters. The molecule has 2 saturated heterocycles. The van der Waals surface area contributed by atoms with Crippen LogP contribution in [0.2, 0.25) is 0 Å². The van der Waals surface area contributed by atoms with Crippen molar-refractivity contribution in [3.05, 3.63) is 42.2 Å². The van der Waals surface area contributed by atoms with Gasteiger partial charge in [0.1, 0.15) is 5.82 Å². The van der Waals surface area contributed by atoms with Crippen LogP contribution in [0.3, 0.4) is 0 Å². The first-order valence-corrected chi connectivity index (χ1v) is 11.0. The fourth-order valence-corrected chi connectivity index (χ4v) is 4.33. The van der Waals surface area contributed by atoms with Gasteiger partial charge in [0.15, 0.2) is 5.82 Å². The van der Waals surface area contributed by atoms with Gasteiger partial charge in [-0.15, -0.1) is 10.2 Å². The number of halogens is 1. The second-order valence-corrected chi connectivity index (χ2v) is 8.26. The Morgan fingerprint density at radius 2 is 1.80 bits per heavy atom. The van der Waals surface area contributed by atoms with Gasteiger partial charge in [-0.2, -0.15) is 0 Å². The van der Waals surface area contributed by atoms with Crippen LogP contribution in [0.25, 0.3) is 11.3 Å². The van der Waals surface area contributed by atoms with Crippen LogP contribution < -0.4 is 10.2 Å². The molecule has 1 aromatic carbocycles. The quantitative estimate of drug-likeness (QED) is 0.792. The molecular weight excluding hydrogens is 381 g/mol. The van der Waals surface area contributed by atoms with E-state index in [0.717, 1.165) is 56.9 Å². The zero-order valence-corrected chi connectivity index (χ0v) is 17.4. The lowest BCUT2D eigenvalue weighted by Crippen LogP contribution is -2.45. The maximum Gasteiger partial charge on any atom is 0.224 e. The third kappa shape index (κ3) is 5.33. The summed E-state index contributed by atoms with van der Waals surface area (Å²) in [7, 11) is 0. The van der Waals surface area contributed by atoms with Crippen LogP contribution in [0.1, 0.15) is 32.1 Å². The molecule has 4 rings (SSSR count). The van der Waals surface area contributed by atoms with E-state index in [0.29, 0.717) is 12.2 Å². The Hall–Kier alpha value is -2.54. The Morgan fingerprint density at radius 3 is 2.53 bits per heavy atom. The first-order valence-electron chi connectivity index (χ1n) is 11.0. The van der Waals surface area contributed by atoms with E-state index >= 15 is 0 Å². The lowest BCUT2D eigenvalue weighted by atomic mass is 9.97. The van der Waals surface area contributed by atoms with Crippen LogP contribution in [0.15, 0.2) is 36.4 Å². The maximum atomic E-state index is 13.1. The van der Waals surface area contributed by atoms with Crippen molar-refractivity contribution in [3.63, 3.8) is 0 Å². The van der Waals surface area contributed by atoms with Crippen molar-refractivity contribution in [1.82, 2.24) is 20.4 Å². The molecule has 0 aliphatic carbocycles. The van der Waals surface area contributed by atoms with Crippen molar-refractivity contribution in [2.75, 3.05) is 44.2 Å². The summed E-state index contributed by atoms with van der Waals surface area (Å²) in [5, 5.41) is 11.8. The number of hydrogen-bond acceptors (Lipinski definition) is 5. The van der Waals surface area contributed by atoms with Crippen molar-refractivity contribution in [2.45, 2.75) is 32.1 Å². The summed E-state index contributed by atoms with van der Waals surface area (Å²) in [5.74, 6) is 0.648. The minimum Gasteiger partial charge on any atom is -0.355 e. The predicted molar refractivity (Wildman–Crippen MR) is 116 cm³/mol. The normalized spacial score (nSPS) is 20.2. The zero-order valence-electron chi connectivity index (χ0n) is 17.4. The highest BCUT2D eigenvalue weighted by Gasteiger charge is 2.26. The lowest BCUT2D eigenvalue weighted by molar-refractivity contribution is -0.125. The van der Waals surface area contributed by atoms with Gasteiger partial charge in [-0.1, -0.05) is 6.42 Å². The highest BCUT2D eigenvalue weighted by atomic mass is 19.1. The number of nitrogens with one attached hydrogen (secondary N) is 1. The molecule has 30 heavy (non-hydrogen) atoms. The summed E-state index contributed by atoms with van der Waals surface area (Å²) in [6.45, 7) is 5.52. The van der Waals surface area contributed by atoms with Gasteiger partial charge in [-0.05, 0) is 75.2 Å². The van der Waals surface area contributed by atoms with E-state index in [1.165, 1.54) is 31.4 Å². The van der Waals surface area contributed by atoms with Crippen LogP contribution >= 0.6 is 0 Å². The van der Waals surface area contributed by atoms with E-state index in [9.17, 15) is 9.18 Å². The average Bonchev–Trinajstić information content (AvgIpc) is 2.80. The number of hydrogen-bond donors (Lipinski definition) is 1. The summed E-state index contributed by atoms with van der Waals surface area (Å²) in [5.41, 5.74) is 1.54. The van der Waals surface area contributed by atoms with Crippen molar-refractivity contribution in [2.24, 2.45) is 5.92 Å². The van der Waals surface area contributed by atoms with E-state index in [1.807, 2.05) is 12.1 Å². The van der Waals surface area contributed by atoms with E-state index in [1.54, 1.807) is 12.1 Å². The molecule has 3 heterocycles. The van der Waals surface area contributed by atoms with Gasteiger partial charge in [0.25, 0.3) is 0 Å². The van der Waals surface area contributed by atoms with Gasteiger partial charge in [-0.25, -0.2) is 4.39 Å². The van der Waals surface area contributed by atoms with Crippen LogP contribution in [-0.2, 0) is 4.79 Å². The summed E-state index contributed by atoms with van der Waals surface area (Å²) in [6.07, 6.45) is 5.74. The number of likely N-dealkylation sites (tertiary alicyclic amines) is 1. The van der Waals surface area contributed by atoms with Crippen LogP contribution in [0.5, 0.6) is 0 Å². The van der Waals surface area contributed by atoms with Crippen LogP contribution in [0, 0.1) is 11.7 Å². The summed E-state index contributed by atoms with van der Waals surface area (Å²) in [4.78, 5) is 17.2. The number of anilines is 1. The largest absolute Gasteiger partial charge is 0.355 e. The van der Waals surface area contributed by atoms with Gasteiger partial charge in [0, 0.05) is 31.7 Å². The Morgan fingerprint density at radius 1 is 1.00 bits per heavy atom. The number of carbonyl (C=O) groups excluding carboxylic acids is 1. The number of nitrogens with zero attached hydrogens (tertiary/aromatic N) is 4. The highest BCUT2D eigenvalue weighted by molar-refractivity contribution is 5.79. The third-order valence-electron chi connectivity index (χ3n) is 6.08. The van der Waals surface area contributed by atoms with Gasteiger partial charge in [0.05, 0.1) is 11.6 Å². The number of benzene rings is 1. The van der Waals surface area contributed by atoms with Crippen molar-refractivity contribution < 1.29 is 9.18 Å². The minimum atomic E-state index is -0.267. The molecule has 2 fully saturated rings. The number of rotatable bonds is 6. The molecule has 1 aromatic heterocycles. The number of aromatic nitrogens is 2. The Balaban J connectivity index is 1.29. The molecule has 6 nitrogen and oxygen atoms in total. The average molecular weight is 412 g/mol. The molecule has 1 N–H and O–H groups in total. The molecule has 0 spiro atoms. The van der Waals surface area contributed by atoms with Gasteiger partial charge < -0.3 is 15.1 Å². The molecule has 0 saturated carbocycles. The predicted octanol–water partition coefficient (Wildman–Crippen LogP) is 3.10. The summed E-state index contributed by atoms with van der Waals surface area (Å²) < 4.78 is 13.1. The van der Waals surface area contributed by atoms with Crippen LogP contribution in [-0.4, -0.2) is 60.3 Å². The van der Waals surface area contributed by atoms with Gasteiger partial charge in [0.2, 0.25) is 5.91 Å². The second-order valence-electron chi connectivity index (χ2n) is 8.26. The molecule has 2 aliphatic rings. The third-order valence-corrected chi connectivity index (χ3v) is 6.08. The van der Waals surface area contributed by atoms with Gasteiger partial charge >= 0.3 is 0 Å². The monoisotopic (exact) mass is 411 g/mol. The minimum absolute atomic E-state index is 0.0151. The molecule has 7 heteroatoms. The molecule has 2 aromatic rings. The number of carbonyl (C=O) groups is 1. The fraction of sp³-hybridized carbons (Fsp3) is 0.522. The SMILES string of the molecule is O=C(NCCN1CCCCC1)[C@@H]1CCCN(c2ccc(-c3ccc(F)cc3)nn2)C1. The van der Waals surface area contributed by atoms with E-state index in [-0.39, 0.29) is 17.6 Å². The highest BCUT2D eigenvalue weighted by Crippen LogP contribution is 2.23. The maximum absolute atomic E-state index is 13.1. The number of amides is 1. The Labute approximate surface area is 177 Å². The molecular formula is C23H30FN5O. The summed E-state index contributed by atoms with van der Waals surface area (Å²) in [6, 6.07) is 10.1. The molecule has 2 aliphatic heterocycles. The van der Waals surface area contributed by atoms with E-state index in [4.69, 9.17) is 0 Å². The number of piperidine rings is 2. The van der Waals surface area contributed by atoms with Crippen molar-refractivity contribution >= 4 is 11.7 Å². The van der Waals surface area contributed by atoms with E-state index < -0.39 is 0 Å². The molecule has 160 valence electrons. The smallest absolute Gasteiger partial charge is 0.224 e. The van der Waals surface area contributed by atoms with E-state index in [2.05, 4.69) is 25.3 Å². The van der Waals surface area contributed by atoms with Crippen molar-refractivity contribution in [1.29, 1.82) is 0 Å². The zero-order chi connectivity index (χ0) is 20.8. The van der Waals surface area contributed by atoms with Gasteiger partial charge in [-0.3, -0.25) is 4.79 Å². The fourth-order valence-electron chi connectivity index (χ4n) is 4.33. The first-order chi connectivity index (χ1) is 14.7. The molecule has 0 unspecified atom stereocenters. The first kappa shape index (κ1) is 20.7. The Bertz CT molecular complexity index is 820. The van der Waals surface area contributed by atoms with Crippen molar-refractivity contribution in [3.8, 4) is 11.3 Å². The van der Waals surface area contributed by atoms with Crippen LogP contribution in [0.4, 0.5) is 10.2 Å². The molecule has 0 bridgehead atoms. The molecule has 1 amide bonds. The second kappa shape index (κ2) is 9.98.